The molecule has 130 valence electrons. The zero-order valence-corrected chi connectivity index (χ0v) is 13.6. The third-order valence-corrected chi connectivity index (χ3v) is 3.91. The highest BCUT2D eigenvalue weighted by Crippen LogP contribution is 2.21. The smallest absolute Gasteiger partial charge is 0.316 e. The minimum Gasteiger partial charge on any atom is -0.455 e. The molecule has 0 aliphatic rings. The van der Waals surface area contributed by atoms with E-state index in [9.17, 15) is 24.1 Å². The Morgan fingerprint density at radius 1 is 1.20 bits per heavy atom. The van der Waals surface area contributed by atoms with Crippen molar-refractivity contribution in [2.75, 3.05) is 17.7 Å². The first-order valence-corrected chi connectivity index (χ1v) is 8.01. The molecule has 0 fully saturated rings. The van der Waals surface area contributed by atoms with Crippen molar-refractivity contribution >= 4 is 35.0 Å². The van der Waals surface area contributed by atoms with Crippen molar-refractivity contribution in [1.29, 1.82) is 0 Å². The number of carbonyl (C=O) groups excluding carboxylic acids is 2. The average molecular weight is 364 g/mol. The Hall–Kier alpha value is -2.94. The van der Waals surface area contributed by atoms with Gasteiger partial charge in [-0.3, -0.25) is 19.7 Å². The third kappa shape index (κ3) is 5.88. The summed E-state index contributed by atoms with van der Waals surface area (Å²) in [4.78, 5) is 33.7. The Bertz CT molecular complexity index is 800. The van der Waals surface area contributed by atoms with Crippen molar-refractivity contribution in [3.8, 4) is 0 Å². The van der Waals surface area contributed by atoms with Crippen LogP contribution < -0.4 is 5.32 Å². The number of non-ortho nitro benzene ring substituents is 1. The minimum atomic E-state index is -0.678. The number of rotatable bonds is 7. The molecular weight excluding hydrogens is 351 g/mol. The standard InChI is InChI=1S/C16H13FN2O5S/c17-13-6-1-2-7-14(13)25-10-16(21)24-9-15(20)18-11-4-3-5-12(8-11)19(22)23/h1-8H,9-10H2,(H,18,20). The Morgan fingerprint density at radius 3 is 2.68 bits per heavy atom. The molecule has 0 radical (unpaired) electrons. The first kappa shape index (κ1) is 18.4. The van der Waals surface area contributed by atoms with Gasteiger partial charge < -0.3 is 10.1 Å². The summed E-state index contributed by atoms with van der Waals surface area (Å²) in [6.45, 7) is -0.542. The second-order valence-corrected chi connectivity index (χ2v) is 5.75. The van der Waals surface area contributed by atoms with Gasteiger partial charge in [0.05, 0.1) is 10.7 Å². The van der Waals surface area contributed by atoms with E-state index in [1.54, 1.807) is 6.07 Å². The maximum atomic E-state index is 13.4. The molecule has 25 heavy (non-hydrogen) atoms. The highest BCUT2D eigenvalue weighted by atomic mass is 32.2. The fourth-order valence-corrected chi connectivity index (χ4v) is 2.52. The van der Waals surface area contributed by atoms with Gasteiger partial charge in [-0.15, -0.1) is 11.8 Å². The maximum absolute atomic E-state index is 13.4. The SMILES string of the molecule is O=C(COC(=O)CSc1ccccc1F)Nc1cccc([N+](=O)[O-])c1. The number of esters is 1. The van der Waals surface area contributed by atoms with E-state index < -0.39 is 29.2 Å². The van der Waals surface area contributed by atoms with Crippen LogP contribution in [-0.2, 0) is 14.3 Å². The number of ether oxygens (including phenoxy) is 1. The number of benzene rings is 2. The van der Waals surface area contributed by atoms with Crippen molar-refractivity contribution < 1.29 is 23.6 Å². The number of amides is 1. The monoisotopic (exact) mass is 364 g/mol. The quantitative estimate of drug-likeness (QED) is 0.351. The first-order chi connectivity index (χ1) is 12.0. The summed E-state index contributed by atoms with van der Waals surface area (Å²) in [5.74, 6) is -1.90. The molecule has 1 N–H and O–H groups in total. The van der Waals surface area contributed by atoms with Gasteiger partial charge in [0.25, 0.3) is 11.6 Å². The lowest BCUT2D eigenvalue weighted by molar-refractivity contribution is -0.384. The minimum absolute atomic E-state index is 0.148. The molecule has 7 nitrogen and oxygen atoms in total. The summed E-state index contributed by atoms with van der Waals surface area (Å²) < 4.78 is 18.2. The molecule has 2 aromatic rings. The van der Waals surface area contributed by atoms with Gasteiger partial charge in [-0.25, -0.2) is 4.39 Å². The molecule has 9 heteroatoms. The van der Waals surface area contributed by atoms with Crippen LogP contribution in [0.5, 0.6) is 0 Å². The molecule has 2 rings (SSSR count). The third-order valence-electron chi connectivity index (χ3n) is 2.89. The van der Waals surface area contributed by atoms with Crippen LogP contribution in [0.3, 0.4) is 0 Å². The summed E-state index contributed by atoms with van der Waals surface area (Å²) >= 11 is 0.960. The molecule has 0 saturated carbocycles. The van der Waals surface area contributed by atoms with Crippen molar-refractivity contribution in [3.63, 3.8) is 0 Å². The van der Waals surface area contributed by atoms with E-state index in [-0.39, 0.29) is 17.1 Å². The number of thioether (sulfide) groups is 1. The van der Waals surface area contributed by atoms with Crippen LogP contribution in [0.1, 0.15) is 0 Å². The van der Waals surface area contributed by atoms with Gasteiger partial charge in [0, 0.05) is 22.7 Å². The molecule has 0 saturated heterocycles. The Balaban J connectivity index is 1.78. The van der Waals surface area contributed by atoms with Crippen molar-refractivity contribution in [1.82, 2.24) is 0 Å². The summed E-state index contributed by atoms with van der Waals surface area (Å²) in [6.07, 6.45) is 0. The number of anilines is 1. The Kier molecular flexibility index (Phi) is 6.47. The molecule has 0 atom stereocenters. The van der Waals surface area contributed by atoms with E-state index >= 15 is 0 Å². The number of nitrogens with zero attached hydrogens (tertiary/aromatic N) is 1. The number of hydrogen-bond donors (Lipinski definition) is 1. The molecule has 0 aliphatic heterocycles. The van der Waals surface area contributed by atoms with Crippen LogP contribution in [0.2, 0.25) is 0 Å². The average Bonchev–Trinajstić information content (AvgIpc) is 2.59. The predicted octanol–water partition coefficient (Wildman–Crippen LogP) is 3.01. The summed E-state index contributed by atoms with van der Waals surface area (Å²) in [5, 5.41) is 13.0. The maximum Gasteiger partial charge on any atom is 0.316 e. The van der Waals surface area contributed by atoms with E-state index in [1.807, 2.05) is 0 Å². The zero-order valence-electron chi connectivity index (χ0n) is 12.8. The highest BCUT2D eigenvalue weighted by Gasteiger charge is 2.12. The number of hydrogen-bond acceptors (Lipinski definition) is 6. The van der Waals surface area contributed by atoms with Crippen LogP contribution in [0.4, 0.5) is 15.8 Å². The van der Waals surface area contributed by atoms with Crippen LogP contribution in [0.25, 0.3) is 0 Å². The second kappa shape index (κ2) is 8.78. The number of nitro benzene ring substituents is 1. The largest absolute Gasteiger partial charge is 0.455 e. The molecule has 0 spiro atoms. The number of carbonyl (C=O) groups is 2. The topological polar surface area (TPSA) is 98.5 Å². The number of nitro groups is 1. The fraction of sp³-hybridized carbons (Fsp3) is 0.125. The first-order valence-electron chi connectivity index (χ1n) is 7.03. The number of halogens is 1. The van der Waals surface area contributed by atoms with Gasteiger partial charge in [0.15, 0.2) is 6.61 Å². The number of nitrogens with one attached hydrogen (secondary N) is 1. The van der Waals surface area contributed by atoms with Crippen LogP contribution >= 0.6 is 11.8 Å². The molecule has 0 aliphatic carbocycles. The van der Waals surface area contributed by atoms with Gasteiger partial charge in [-0.05, 0) is 18.2 Å². The molecule has 0 bridgehead atoms. The molecule has 1 amide bonds. The van der Waals surface area contributed by atoms with E-state index in [0.29, 0.717) is 4.90 Å². The van der Waals surface area contributed by atoms with E-state index in [2.05, 4.69) is 5.32 Å². The lowest BCUT2D eigenvalue weighted by atomic mass is 10.3. The molecule has 0 unspecified atom stereocenters. The van der Waals surface area contributed by atoms with Gasteiger partial charge in [-0.2, -0.15) is 0 Å². The van der Waals surface area contributed by atoms with Gasteiger partial charge in [0.2, 0.25) is 0 Å². The van der Waals surface area contributed by atoms with Gasteiger partial charge >= 0.3 is 5.97 Å². The summed E-state index contributed by atoms with van der Waals surface area (Å²) in [6, 6.07) is 11.4. The van der Waals surface area contributed by atoms with Crippen LogP contribution in [-0.4, -0.2) is 29.2 Å². The van der Waals surface area contributed by atoms with Gasteiger partial charge in [-0.1, -0.05) is 18.2 Å². The highest BCUT2D eigenvalue weighted by molar-refractivity contribution is 8.00. The van der Waals surface area contributed by atoms with Gasteiger partial charge in [0.1, 0.15) is 5.82 Å². The molecule has 0 aromatic heterocycles. The summed E-state index contributed by atoms with van der Waals surface area (Å²) in [5.41, 5.74) is 0.0482. The Morgan fingerprint density at radius 2 is 1.96 bits per heavy atom. The van der Waals surface area contributed by atoms with Crippen molar-refractivity contribution in [2.45, 2.75) is 4.90 Å². The van der Waals surface area contributed by atoms with Crippen molar-refractivity contribution in [2.24, 2.45) is 0 Å². The lowest BCUT2D eigenvalue weighted by Crippen LogP contribution is -2.21. The normalized spacial score (nSPS) is 10.1. The van der Waals surface area contributed by atoms with Crippen LogP contribution in [0.15, 0.2) is 53.4 Å². The second-order valence-electron chi connectivity index (χ2n) is 4.74. The fourth-order valence-electron chi connectivity index (χ4n) is 1.78. The van der Waals surface area contributed by atoms with Crippen LogP contribution in [0, 0.1) is 15.9 Å². The molecule has 0 heterocycles. The predicted molar refractivity (Wildman–Crippen MR) is 89.8 cm³/mol. The Labute approximate surface area is 146 Å². The lowest BCUT2D eigenvalue weighted by Gasteiger charge is -2.07. The van der Waals surface area contributed by atoms with E-state index in [0.717, 1.165) is 11.8 Å². The zero-order chi connectivity index (χ0) is 18.2. The van der Waals surface area contributed by atoms with E-state index in [4.69, 9.17) is 4.74 Å². The summed E-state index contributed by atoms with van der Waals surface area (Å²) in [7, 11) is 0. The van der Waals surface area contributed by atoms with Crippen molar-refractivity contribution in [3.05, 3.63) is 64.5 Å². The molecular formula is C16H13FN2O5S. The van der Waals surface area contributed by atoms with E-state index in [1.165, 1.54) is 42.5 Å². The molecule has 2 aromatic carbocycles.